The second-order valence-electron chi connectivity index (χ2n) is 8.31. The molecule has 0 spiro atoms. The summed E-state index contributed by atoms with van der Waals surface area (Å²) in [4.78, 5) is 27.9. The van der Waals surface area contributed by atoms with E-state index in [1.54, 1.807) is 19.1 Å². The van der Waals surface area contributed by atoms with E-state index >= 15 is 0 Å². The number of hydrogen-bond acceptors (Lipinski definition) is 6. The summed E-state index contributed by atoms with van der Waals surface area (Å²) in [6.45, 7) is 6.07. The lowest BCUT2D eigenvalue weighted by Gasteiger charge is -2.37. The van der Waals surface area contributed by atoms with Crippen LogP contribution < -0.4 is 0 Å². The first-order valence-electron chi connectivity index (χ1n) is 10.7. The molecule has 0 N–H and O–H groups in total. The molecule has 160 valence electrons. The van der Waals surface area contributed by atoms with Crippen molar-refractivity contribution in [2.24, 2.45) is 5.92 Å². The number of amides is 1. The summed E-state index contributed by atoms with van der Waals surface area (Å²) in [5.74, 6) is 0.680. The second-order valence-corrected chi connectivity index (χ2v) is 8.31. The normalized spacial score (nSPS) is 18.5. The molecule has 0 atom stereocenters. The Morgan fingerprint density at radius 2 is 1.90 bits per heavy atom. The van der Waals surface area contributed by atoms with Gasteiger partial charge in [-0.1, -0.05) is 30.5 Å². The van der Waals surface area contributed by atoms with E-state index in [-0.39, 0.29) is 11.6 Å². The molecule has 1 aromatic heterocycles. The standard InChI is InChI=1S/C21H28N6O3/c1-16-20(22-23-26(16)18-8-5-9-19(14-18)27(29)30)21(28)25-12-10-24(11-13-25)15-17-6-3-2-4-7-17/h5,8-9,14,17H,2-4,6-7,10-13,15H2,1H3. The quantitative estimate of drug-likeness (QED) is 0.553. The number of non-ortho nitro benzene ring substituents is 1. The van der Waals surface area contributed by atoms with E-state index in [4.69, 9.17) is 0 Å². The molecule has 0 radical (unpaired) electrons. The summed E-state index contributed by atoms with van der Waals surface area (Å²) >= 11 is 0. The average Bonchev–Trinajstić information content (AvgIpc) is 3.16. The molecule has 9 heteroatoms. The van der Waals surface area contributed by atoms with Gasteiger partial charge in [0.2, 0.25) is 0 Å². The third-order valence-corrected chi connectivity index (χ3v) is 6.28. The van der Waals surface area contributed by atoms with E-state index in [1.807, 2.05) is 4.90 Å². The highest BCUT2D eigenvalue weighted by Crippen LogP contribution is 2.25. The van der Waals surface area contributed by atoms with E-state index in [1.165, 1.54) is 48.9 Å². The van der Waals surface area contributed by atoms with E-state index < -0.39 is 4.92 Å². The van der Waals surface area contributed by atoms with Gasteiger partial charge in [-0.3, -0.25) is 19.8 Å². The number of nitro benzene ring substituents is 1. The average molecular weight is 412 g/mol. The van der Waals surface area contributed by atoms with Crippen LogP contribution >= 0.6 is 0 Å². The minimum atomic E-state index is -0.450. The molecule has 1 amide bonds. The van der Waals surface area contributed by atoms with Crippen molar-refractivity contribution in [2.45, 2.75) is 39.0 Å². The number of carbonyl (C=O) groups excluding carboxylic acids is 1. The minimum absolute atomic E-state index is 0.0237. The van der Waals surface area contributed by atoms with E-state index in [9.17, 15) is 14.9 Å². The van der Waals surface area contributed by atoms with Crippen molar-refractivity contribution in [3.63, 3.8) is 0 Å². The maximum atomic E-state index is 13.0. The fourth-order valence-electron chi connectivity index (χ4n) is 4.53. The Morgan fingerprint density at radius 1 is 1.17 bits per heavy atom. The lowest BCUT2D eigenvalue weighted by Crippen LogP contribution is -2.50. The molecule has 2 fully saturated rings. The van der Waals surface area contributed by atoms with Crippen LogP contribution in [0.4, 0.5) is 5.69 Å². The van der Waals surface area contributed by atoms with Gasteiger partial charge in [0.15, 0.2) is 5.69 Å². The first kappa shape index (κ1) is 20.5. The molecule has 9 nitrogen and oxygen atoms in total. The number of piperazine rings is 1. The van der Waals surface area contributed by atoms with Gasteiger partial charge < -0.3 is 4.90 Å². The summed E-state index contributed by atoms with van der Waals surface area (Å²) < 4.78 is 1.49. The Hall–Kier alpha value is -2.81. The predicted molar refractivity (Wildman–Crippen MR) is 112 cm³/mol. The van der Waals surface area contributed by atoms with Gasteiger partial charge in [0.05, 0.1) is 16.3 Å². The number of aromatic nitrogens is 3. The third kappa shape index (κ3) is 4.35. The molecule has 30 heavy (non-hydrogen) atoms. The molecular formula is C21H28N6O3. The molecule has 1 aromatic carbocycles. The van der Waals surface area contributed by atoms with Gasteiger partial charge in [-0.05, 0) is 31.7 Å². The number of hydrogen-bond donors (Lipinski definition) is 0. The van der Waals surface area contributed by atoms with E-state index in [0.29, 0.717) is 30.2 Å². The Labute approximate surface area is 175 Å². The van der Waals surface area contributed by atoms with E-state index in [2.05, 4.69) is 15.2 Å². The summed E-state index contributed by atoms with van der Waals surface area (Å²) in [6.07, 6.45) is 6.73. The molecule has 1 aliphatic heterocycles. The number of nitro groups is 1. The monoisotopic (exact) mass is 412 g/mol. The molecule has 1 saturated carbocycles. The van der Waals surface area contributed by atoms with Crippen LogP contribution in [-0.4, -0.2) is 68.3 Å². The third-order valence-electron chi connectivity index (χ3n) is 6.28. The molecule has 2 aliphatic rings. The largest absolute Gasteiger partial charge is 0.335 e. The Kier molecular flexibility index (Phi) is 6.08. The lowest BCUT2D eigenvalue weighted by molar-refractivity contribution is -0.384. The minimum Gasteiger partial charge on any atom is -0.335 e. The van der Waals surface area contributed by atoms with Crippen molar-refractivity contribution in [1.82, 2.24) is 24.8 Å². The molecule has 4 rings (SSSR count). The Bertz CT molecular complexity index is 913. The molecule has 2 heterocycles. The maximum Gasteiger partial charge on any atom is 0.276 e. The zero-order valence-corrected chi connectivity index (χ0v) is 17.4. The van der Waals surface area contributed by atoms with Crippen molar-refractivity contribution in [1.29, 1.82) is 0 Å². The van der Waals surface area contributed by atoms with Gasteiger partial charge >= 0.3 is 0 Å². The van der Waals surface area contributed by atoms with Gasteiger partial charge in [-0.25, -0.2) is 4.68 Å². The predicted octanol–water partition coefficient (Wildman–Crippen LogP) is 2.82. The molecule has 1 aliphatic carbocycles. The first-order chi connectivity index (χ1) is 14.5. The summed E-state index contributed by atoms with van der Waals surface area (Å²) in [6, 6.07) is 6.17. The van der Waals surface area contributed by atoms with Crippen LogP contribution in [0, 0.1) is 23.0 Å². The number of nitrogens with zero attached hydrogens (tertiary/aromatic N) is 6. The van der Waals surface area contributed by atoms with Crippen molar-refractivity contribution < 1.29 is 9.72 Å². The smallest absolute Gasteiger partial charge is 0.276 e. The molecule has 0 bridgehead atoms. The lowest BCUT2D eigenvalue weighted by atomic mass is 9.89. The fraction of sp³-hybridized carbons (Fsp3) is 0.571. The second kappa shape index (κ2) is 8.91. The highest BCUT2D eigenvalue weighted by atomic mass is 16.6. The molecule has 1 saturated heterocycles. The highest BCUT2D eigenvalue weighted by Gasteiger charge is 2.28. The number of rotatable bonds is 5. The van der Waals surface area contributed by atoms with Crippen molar-refractivity contribution in [3.8, 4) is 5.69 Å². The molecule has 2 aromatic rings. The first-order valence-corrected chi connectivity index (χ1v) is 10.7. The van der Waals surface area contributed by atoms with Crippen LogP contribution in [-0.2, 0) is 0 Å². The van der Waals surface area contributed by atoms with Gasteiger partial charge in [-0.2, -0.15) is 0 Å². The van der Waals surface area contributed by atoms with Crippen LogP contribution in [0.15, 0.2) is 24.3 Å². The zero-order valence-electron chi connectivity index (χ0n) is 17.4. The molecular weight excluding hydrogens is 384 g/mol. The van der Waals surface area contributed by atoms with E-state index in [0.717, 1.165) is 25.6 Å². The van der Waals surface area contributed by atoms with Gasteiger partial charge in [0.1, 0.15) is 0 Å². The van der Waals surface area contributed by atoms with Crippen LogP contribution in [0.1, 0.15) is 48.3 Å². The van der Waals surface area contributed by atoms with Crippen LogP contribution in [0.5, 0.6) is 0 Å². The van der Waals surface area contributed by atoms with Crippen LogP contribution in [0.25, 0.3) is 5.69 Å². The molecule has 0 unspecified atom stereocenters. The number of carbonyl (C=O) groups is 1. The van der Waals surface area contributed by atoms with Crippen molar-refractivity contribution >= 4 is 11.6 Å². The van der Waals surface area contributed by atoms with Crippen molar-refractivity contribution in [2.75, 3.05) is 32.7 Å². The Balaban J connectivity index is 1.40. The SMILES string of the molecule is Cc1c(C(=O)N2CCN(CC3CCCCC3)CC2)nnn1-c1cccc([N+](=O)[O-])c1. The maximum absolute atomic E-state index is 13.0. The zero-order chi connectivity index (χ0) is 21.1. The van der Waals surface area contributed by atoms with Gasteiger partial charge in [-0.15, -0.1) is 5.10 Å². The fourth-order valence-corrected chi connectivity index (χ4v) is 4.53. The highest BCUT2D eigenvalue weighted by molar-refractivity contribution is 5.93. The topological polar surface area (TPSA) is 97.4 Å². The van der Waals surface area contributed by atoms with Gasteiger partial charge in [0.25, 0.3) is 11.6 Å². The van der Waals surface area contributed by atoms with Crippen molar-refractivity contribution in [3.05, 3.63) is 45.8 Å². The summed E-state index contributed by atoms with van der Waals surface area (Å²) in [5.41, 5.74) is 1.39. The Morgan fingerprint density at radius 3 is 2.60 bits per heavy atom. The van der Waals surface area contributed by atoms with Crippen LogP contribution in [0.3, 0.4) is 0 Å². The summed E-state index contributed by atoms with van der Waals surface area (Å²) in [7, 11) is 0. The number of benzene rings is 1. The summed E-state index contributed by atoms with van der Waals surface area (Å²) in [5, 5.41) is 19.2. The van der Waals surface area contributed by atoms with Gasteiger partial charge in [0, 0.05) is 44.9 Å². The van der Waals surface area contributed by atoms with Crippen LogP contribution in [0.2, 0.25) is 0 Å².